The van der Waals surface area contributed by atoms with Gasteiger partial charge in [-0.1, -0.05) is 0 Å². The van der Waals surface area contributed by atoms with Gasteiger partial charge >= 0.3 is 0 Å². The minimum Gasteiger partial charge on any atom is -0.324 e. The SMILES string of the molecule is Cc1nc2c(n1CC(=O)c1ccc(F)cc1F)CCCC2. The zero-order valence-corrected chi connectivity index (χ0v) is 11.8. The van der Waals surface area contributed by atoms with E-state index in [1.807, 2.05) is 11.5 Å². The van der Waals surface area contributed by atoms with E-state index in [1.54, 1.807) is 0 Å². The molecule has 21 heavy (non-hydrogen) atoms. The summed E-state index contributed by atoms with van der Waals surface area (Å²) >= 11 is 0. The number of carbonyl (C=O) groups is 1. The van der Waals surface area contributed by atoms with Crippen molar-refractivity contribution in [1.82, 2.24) is 9.55 Å². The summed E-state index contributed by atoms with van der Waals surface area (Å²) in [6.45, 7) is 1.91. The first-order valence-corrected chi connectivity index (χ1v) is 7.09. The second-order valence-electron chi connectivity index (χ2n) is 5.39. The number of hydrogen-bond acceptors (Lipinski definition) is 2. The molecule has 0 amide bonds. The number of ketones is 1. The molecule has 1 aliphatic carbocycles. The third-order valence-corrected chi connectivity index (χ3v) is 3.96. The summed E-state index contributed by atoms with van der Waals surface area (Å²) in [5, 5.41) is 0. The van der Waals surface area contributed by atoms with Gasteiger partial charge < -0.3 is 4.57 Å². The van der Waals surface area contributed by atoms with Crippen molar-refractivity contribution in [2.24, 2.45) is 0 Å². The Balaban J connectivity index is 1.90. The fourth-order valence-corrected chi connectivity index (χ4v) is 2.89. The Kier molecular flexibility index (Phi) is 3.57. The van der Waals surface area contributed by atoms with Gasteiger partial charge in [0.1, 0.15) is 17.5 Å². The van der Waals surface area contributed by atoms with Gasteiger partial charge in [0.15, 0.2) is 5.78 Å². The van der Waals surface area contributed by atoms with Gasteiger partial charge in [0.2, 0.25) is 0 Å². The van der Waals surface area contributed by atoms with E-state index in [4.69, 9.17) is 0 Å². The van der Waals surface area contributed by atoms with Crippen molar-refractivity contribution < 1.29 is 13.6 Å². The molecule has 0 spiro atoms. The summed E-state index contributed by atoms with van der Waals surface area (Å²) in [7, 11) is 0. The summed E-state index contributed by atoms with van der Waals surface area (Å²) < 4.78 is 28.5. The molecular weight excluding hydrogens is 274 g/mol. The highest BCUT2D eigenvalue weighted by atomic mass is 19.1. The van der Waals surface area contributed by atoms with E-state index in [0.717, 1.165) is 55.0 Å². The molecule has 1 aliphatic rings. The van der Waals surface area contributed by atoms with Gasteiger partial charge in [0.25, 0.3) is 0 Å². The normalized spacial score (nSPS) is 14.0. The molecule has 0 saturated carbocycles. The van der Waals surface area contributed by atoms with Gasteiger partial charge in [-0.25, -0.2) is 13.8 Å². The van der Waals surface area contributed by atoms with E-state index >= 15 is 0 Å². The fraction of sp³-hybridized carbons (Fsp3) is 0.375. The Bertz CT molecular complexity index is 707. The number of nitrogens with zero attached hydrogens (tertiary/aromatic N) is 2. The lowest BCUT2D eigenvalue weighted by atomic mass is 10.0. The molecule has 3 rings (SSSR count). The zero-order chi connectivity index (χ0) is 15.0. The third kappa shape index (κ3) is 2.60. The maximum absolute atomic E-state index is 13.7. The zero-order valence-electron chi connectivity index (χ0n) is 11.8. The topological polar surface area (TPSA) is 34.9 Å². The Morgan fingerprint density at radius 3 is 2.81 bits per heavy atom. The smallest absolute Gasteiger partial charge is 0.185 e. The Labute approximate surface area is 121 Å². The standard InChI is InChI=1S/C16H16F2N2O/c1-10-19-14-4-2-3-5-15(14)20(10)9-16(21)12-7-6-11(17)8-13(12)18/h6-8H,2-5,9H2,1H3. The van der Waals surface area contributed by atoms with Gasteiger partial charge in [0, 0.05) is 11.8 Å². The average molecular weight is 290 g/mol. The van der Waals surface area contributed by atoms with Crippen molar-refractivity contribution in [2.45, 2.75) is 39.2 Å². The molecule has 1 heterocycles. The minimum absolute atomic E-state index is 0.0523. The third-order valence-electron chi connectivity index (χ3n) is 3.96. The van der Waals surface area contributed by atoms with Crippen molar-refractivity contribution in [1.29, 1.82) is 0 Å². The predicted molar refractivity (Wildman–Crippen MR) is 74.3 cm³/mol. The maximum Gasteiger partial charge on any atom is 0.185 e. The van der Waals surface area contributed by atoms with E-state index in [0.29, 0.717) is 0 Å². The first kappa shape index (κ1) is 13.9. The van der Waals surface area contributed by atoms with E-state index < -0.39 is 11.6 Å². The Hall–Kier alpha value is -2.04. The van der Waals surface area contributed by atoms with Crippen LogP contribution in [0.25, 0.3) is 0 Å². The van der Waals surface area contributed by atoms with Gasteiger partial charge in [-0.05, 0) is 44.7 Å². The molecule has 0 saturated heterocycles. The van der Waals surface area contributed by atoms with Crippen LogP contribution in [0, 0.1) is 18.6 Å². The van der Waals surface area contributed by atoms with Gasteiger partial charge in [-0.3, -0.25) is 4.79 Å². The highest BCUT2D eigenvalue weighted by molar-refractivity contribution is 5.96. The first-order chi connectivity index (χ1) is 10.1. The lowest BCUT2D eigenvalue weighted by Crippen LogP contribution is -2.17. The van der Waals surface area contributed by atoms with Crippen LogP contribution in [0.2, 0.25) is 0 Å². The quantitative estimate of drug-likeness (QED) is 0.813. The molecule has 0 aliphatic heterocycles. The molecule has 1 aromatic heterocycles. The number of halogens is 2. The molecule has 0 radical (unpaired) electrons. The summed E-state index contributed by atoms with van der Waals surface area (Å²) in [6, 6.07) is 3.04. The first-order valence-electron chi connectivity index (χ1n) is 7.09. The number of rotatable bonds is 3. The van der Waals surface area contributed by atoms with Crippen LogP contribution < -0.4 is 0 Å². The Morgan fingerprint density at radius 2 is 2.05 bits per heavy atom. The number of hydrogen-bond donors (Lipinski definition) is 0. The molecule has 3 nitrogen and oxygen atoms in total. The Morgan fingerprint density at radius 1 is 1.29 bits per heavy atom. The summed E-state index contributed by atoms with van der Waals surface area (Å²) in [4.78, 5) is 16.8. The number of benzene rings is 1. The summed E-state index contributed by atoms with van der Waals surface area (Å²) in [5.74, 6) is -1.08. The maximum atomic E-state index is 13.7. The van der Waals surface area contributed by atoms with Crippen LogP contribution in [0.15, 0.2) is 18.2 Å². The molecule has 0 bridgehead atoms. The van der Waals surface area contributed by atoms with E-state index in [2.05, 4.69) is 4.98 Å². The molecule has 5 heteroatoms. The number of aryl methyl sites for hydroxylation is 2. The van der Waals surface area contributed by atoms with Crippen molar-refractivity contribution in [2.75, 3.05) is 0 Å². The predicted octanol–water partition coefficient (Wildman–Crippen LogP) is 3.23. The highest BCUT2D eigenvalue weighted by Crippen LogP contribution is 2.22. The van der Waals surface area contributed by atoms with Crippen LogP contribution in [0.1, 0.15) is 40.4 Å². The van der Waals surface area contributed by atoms with Crippen LogP contribution in [-0.2, 0) is 19.4 Å². The molecule has 0 N–H and O–H groups in total. The number of carbonyl (C=O) groups excluding carboxylic acids is 1. The molecule has 0 atom stereocenters. The van der Waals surface area contributed by atoms with Crippen LogP contribution >= 0.6 is 0 Å². The number of Topliss-reactive ketones (excluding diaryl/α,β-unsaturated/α-hetero) is 1. The van der Waals surface area contributed by atoms with E-state index in [9.17, 15) is 13.6 Å². The van der Waals surface area contributed by atoms with Gasteiger partial charge in [0.05, 0.1) is 17.8 Å². The minimum atomic E-state index is -0.813. The van der Waals surface area contributed by atoms with Crippen molar-refractivity contribution >= 4 is 5.78 Å². The largest absolute Gasteiger partial charge is 0.324 e. The lowest BCUT2D eigenvalue weighted by Gasteiger charge is -2.14. The van der Waals surface area contributed by atoms with Crippen LogP contribution in [0.4, 0.5) is 8.78 Å². The van der Waals surface area contributed by atoms with Crippen LogP contribution in [-0.4, -0.2) is 15.3 Å². The van der Waals surface area contributed by atoms with Gasteiger partial charge in [-0.15, -0.1) is 0 Å². The molecule has 0 fully saturated rings. The van der Waals surface area contributed by atoms with Crippen LogP contribution in [0.3, 0.4) is 0 Å². The second-order valence-corrected chi connectivity index (χ2v) is 5.39. The molecule has 2 aromatic rings. The van der Waals surface area contributed by atoms with E-state index in [-0.39, 0.29) is 17.9 Å². The number of aromatic nitrogens is 2. The molecular formula is C16H16F2N2O. The van der Waals surface area contributed by atoms with Crippen LogP contribution in [0.5, 0.6) is 0 Å². The molecule has 1 aromatic carbocycles. The lowest BCUT2D eigenvalue weighted by molar-refractivity contribution is 0.0966. The summed E-state index contributed by atoms with van der Waals surface area (Å²) in [6.07, 6.45) is 4.03. The summed E-state index contributed by atoms with van der Waals surface area (Å²) in [5.41, 5.74) is 2.05. The second kappa shape index (κ2) is 5.39. The van der Waals surface area contributed by atoms with Crippen molar-refractivity contribution in [3.05, 3.63) is 52.6 Å². The average Bonchev–Trinajstić information content (AvgIpc) is 2.75. The van der Waals surface area contributed by atoms with E-state index in [1.165, 1.54) is 6.07 Å². The van der Waals surface area contributed by atoms with Gasteiger partial charge in [-0.2, -0.15) is 0 Å². The number of imidazole rings is 1. The van der Waals surface area contributed by atoms with Crippen molar-refractivity contribution in [3.8, 4) is 0 Å². The van der Waals surface area contributed by atoms with Crippen molar-refractivity contribution in [3.63, 3.8) is 0 Å². The molecule has 110 valence electrons. The molecule has 0 unspecified atom stereocenters. The number of fused-ring (bicyclic) bond motifs is 1. The highest BCUT2D eigenvalue weighted by Gasteiger charge is 2.21. The fourth-order valence-electron chi connectivity index (χ4n) is 2.89. The monoisotopic (exact) mass is 290 g/mol.